The Morgan fingerprint density at radius 1 is 0.461 bits per heavy atom. The van der Waals surface area contributed by atoms with Crippen LogP contribution >= 0.6 is 0 Å². The van der Waals surface area contributed by atoms with Crippen molar-refractivity contribution in [3.05, 3.63) is 179 Å². The van der Waals surface area contributed by atoms with Crippen molar-refractivity contribution in [1.82, 2.24) is 9.13 Å². The van der Waals surface area contributed by atoms with Gasteiger partial charge in [-0.2, -0.15) is 0 Å². The van der Waals surface area contributed by atoms with Crippen molar-refractivity contribution in [3.8, 4) is 67.8 Å². The number of aliphatic hydroxyl groups is 4. The van der Waals surface area contributed by atoms with Gasteiger partial charge in [0.05, 0.1) is 58.3 Å². The van der Waals surface area contributed by atoms with E-state index in [0.717, 1.165) is 36.4 Å². The smallest absolute Gasteiger partial charge is 0.550 e. The van der Waals surface area contributed by atoms with Crippen LogP contribution in [-0.4, -0.2) is 136 Å². The summed E-state index contributed by atoms with van der Waals surface area (Å²) < 4.78 is 60.9. The second-order valence-electron chi connectivity index (χ2n) is 21.7. The van der Waals surface area contributed by atoms with Crippen LogP contribution in [0.5, 0.6) is 23.0 Å². The minimum Gasteiger partial charge on any atom is -0.550 e. The predicted molar refractivity (Wildman–Crippen MR) is 322 cm³/mol. The second-order valence-corrected chi connectivity index (χ2v) is 21.7. The Kier molecular flexibility index (Phi) is 24.6. The number of anilines is 2. The Balaban J connectivity index is 0.000000281. The molecule has 2 heterocycles. The van der Waals surface area contributed by atoms with Gasteiger partial charge in [-0.3, -0.25) is 9.59 Å². The maximum absolute atomic E-state index is 14.6. The summed E-state index contributed by atoms with van der Waals surface area (Å²) in [7, 11) is 0. The van der Waals surface area contributed by atoms with Crippen LogP contribution in [0.2, 0.25) is 0 Å². The van der Waals surface area contributed by atoms with Gasteiger partial charge in [-0.1, -0.05) is 88.4 Å². The number of carboxylic acids is 2. The van der Waals surface area contributed by atoms with Gasteiger partial charge >= 0.3 is 37.7 Å². The van der Waals surface area contributed by atoms with Crippen molar-refractivity contribution in [2.24, 2.45) is 0 Å². The van der Waals surface area contributed by atoms with Gasteiger partial charge in [-0.05, 0) is 109 Å². The minimum absolute atomic E-state index is 0. The molecule has 0 radical (unpaired) electrons. The Hall–Kier alpha value is -8.22. The van der Waals surface area contributed by atoms with Crippen LogP contribution in [0.4, 0.5) is 28.9 Å². The Morgan fingerprint density at radius 3 is 1.11 bits per heavy atom. The van der Waals surface area contributed by atoms with E-state index in [1.807, 2.05) is 27.7 Å². The minimum atomic E-state index is -1.46. The van der Waals surface area contributed by atoms with Crippen LogP contribution < -0.4 is 20.8 Å². The molecule has 0 saturated carbocycles. The van der Waals surface area contributed by atoms with Crippen LogP contribution in [0, 0.1) is 23.3 Å². The molecule has 6 aromatic carbocycles. The summed E-state index contributed by atoms with van der Waals surface area (Å²) in [5.41, 5.74) is 4.58. The number of nitrogens with zero attached hydrogens (tertiary/aromatic N) is 2. The number of aliphatic hydroxyl groups excluding tert-OH is 4. The molecule has 0 saturated heterocycles. The molecular formula is C66H66CaF4N4O14. The van der Waals surface area contributed by atoms with E-state index < -0.39 is 84.3 Å². The zero-order chi connectivity index (χ0) is 64.3. The molecule has 2 amide bonds. The quantitative estimate of drug-likeness (QED) is 0.0117. The first-order valence-corrected chi connectivity index (χ1v) is 28.1. The van der Waals surface area contributed by atoms with E-state index in [0.29, 0.717) is 45.0 Å². The molecule has 0 aliphatic rings. The third-order valence-electron chi connectivity index (χ3n) is 14.4. The molecule has 0 aliphatic carbocycles. The molecule has 0 bridgehead atoms. The first-order valence-electron chi connectivity index (χ1n) is 28.1. The molecule has 18 nitrogen and oxygen atoms in total. The average Bonchev–Trinajstić information content (AvgIpc) is 1.62. The van der Waals surface area contributed by atoms with E-state index in [2.05, 4.69) is 10.6 Å². The number of carbonyl (C=O) groups excluding carboxylic acids is 4. The molecular weight excluding hydrogens is 1190 g/mol. The number of phenolic OH excluding ortho intramolecular Hbond substituents is 4. The van der Waals surface area contributed by atoms with Crippen LogP contribution in [0.1, 0.15) is 110 Å². The molecule has 0 unspecified atom stereocenters. The normalized spacial score (nSPS) is 12.6. The van der Waals surface area contributed by atoms with Gasteiger partial charge < -0.3 is 80.4 Å². The van der Waals surface area contributed by atoms with E-state index in [9.17, 15) is 87.8 Å². The number of benzene rings is 6. The van der Waals surface area contributed by atoms with Crippen molar-refractivity contribution >= 4 is 72.9 Å². The van der Waals surface area contributed by atoms with Crippen molar-refractivity contribution in [1.29, 1.82) is 0 Å². The molecule has 464 valence electrons. The zero-order valence-corrected chi connectivity index (χ0v) is 51.2. The topological polar surface area (TPSA) is 310 Å². The average molecular weight is 1260 g/mol. The van der Waals surface area contributed by atoms with Gasteiger partial charge in [0.1, 0.15) is 23.0 Å². The molecule has 89 heavy (non-hydrogen) atoms. The largest absolute Gasteiger partial charge is 2.00 e. The first-order chi connectivity index (χ1) is 41.7. The zero-order valence-electron chi connectivity index (χ0n) is 49.0. The number of nitrogens with one attached hydrogen (secondary N) is 2. The van der Waals surface area contributed by atoms with Crippen LogP contribution in [0.15, 0.2) is 133 Å². The second kappa shape index (κ2) is 31.3. The summed E-state index contributed by atoms with van der Waals surface area (Å²) in [5.74, 6) is -10.3. The molecule has 4 atom stereocenters. The van der Waals surface area contributed by atoms with E-state index in [4.69, 9.17) is 0 Å². The summed E-state index contributed by atoms with van der Waals surface area (Å²) in [6.45, 7) is 7.46. The standard InChI is InChI=1S/2C33H34F2N2O7.Ca/c2*1-18(2)31-30(33(44)36-26-11-9-21(38)16-27(26)41)29(19-6-4-3-5-7-19)32(20-8-10-24(34)25(35)14-20)37(31)13-12-22(39)15-23(40)17-28(42)43;/h2*3-11,14,16,18,22-23,38-41H,12-13,15,17H2,1-2H3,(H,36,44)(H,42,43);/q;;+2/p-2/t2*22-,23-;/m11./s1. The monoisotopic (exact) mass is 1250 g/mol. The molecule has 0 fully saturated rings. The number of aliphatic carboxylic acids is 2. The number of rotatable bonds is 24. The fourth-order valence-corrected chi connectivity index (χ4v) is 10.7. The predicted octanol–water partition coefficient (Wildman–Crippen LogP) is 8.68. The number of carbonyl (C=O) groups is 4. The fourth-order valence-electron chi connectivity index (χ4n) is 10.7. The number of aromatic nitrogens is 2. The summed E-state index contributed by atoms with van der Waals surface area (Å²) >= 11 is 0. The molecule has 8 aromatic rings. The molecule has 8 rings (SSSR count). The van der Waals surface area contributed by atoms with Gasteiger partial charge in [0.2, 0.25) is 0 Å². The van der Waals surface area contributed by atoms with Gasteiger partial charge in [-0.15, -0.1) is 0 Å². The van der Waals surface area contributed by atoms with Gasteiger partial charge in [0.25, 0.3) is 11.8 Å². The first kappa shape index (κ1) is 69.9. The summed E-state index contributed by atoms with van der Waals surface area (Å²) in [6.07, 6.45) is -6.71. The third-order valence-corrected chi connectivity index (χ3v) is 14.4. The molecule has 2 aromatic heterocycles. The van der Waals surface area contributed by atoms with E-state index in [1.165, 1.54) is 36.4 Å². The Morgan fingerprint density at radius 2 is 0.809 bits per heavy atom. The SMILES string of the molecule is CC(C)c1c(C(=O)Nc2ccc(O)cc2O)c(-c2ccccc2)c(-c2ccc(F)c(F)c2)n1CC[C@@H](O)C[C@@H](O)CC(=O)[O-].CC(C)c1c(C(=O)Nc2ccc(O)cc2O)c(-c2ccccc2)c(-c2ccc(F)c(F)c2)n1CC[C@@H](O)C[C@@H](O)CC(=O)[O-].[Ca+2]. The number of hydrogen-bond acceptors (Lipinski definition) is 14. The van der Waals surface area contributed by atoms with Gasteiger partial charge in [0.15, 0.2) is 23.3 Å². The van der Waals surface area contributed by atoms with Gasteiger partial charge in [0, 0.05) is 83.6 Å². The number of phenols is 4. The van der Waals surface area contributed by atoms with Crippen molar-refractivity contribution in [2.45, 2.75) is 116 Å². The maximum Gasteiger partial charge on any atom is 2.00 e. The number of hydrogen-bond donors (Lipinski definition) is 10. The molecule has 23 heteroatoms. The number of carboxylic acid groups (broad SMARTS) is 2. The number of halogens is 4. The van der Waals surface area contributed by atoms with E-state index >= 15 is 0 Å². The van der Waals surface area contributed by atoms with Crippen molar-refractivity contribution in [2.75, 3.05) is 10.6 Å². The van der Waals surface area contributed by atoms with Crippen LogP contribution in [0.3, 0.4) is 0 Å². The van der Waals surface area contributed by atoms with Crippen molar-refractivity contribution < 1.29 is 87.8 Å². The number of amides is 2. The Bertz CT molecular complexity index is 3560. The van der Waals surface area contributed by atoms with Crippen molar-refractivity contribution in [3.63, 3.8) is 0 Å². The van der Waals surface area contributed by atoms with Crippen LogP contribution in [-0.2, 0) is 22.7 Å². The molecule has 0 aliphatic heterocycles. The van der Waals surface area contributed by atoms with E-state index in [-0.39, 0.29) is 145 Å². The fraction of sp³-hybridized carbons (Fsp3) is 0.273. The van der Waals surface area contributed by atoms with Gasteiger partial charge in [-0.25, -0.2) is 17.6 Å². The maximum atomic E-state index is 14.6. The summed E-state index contributed by atoms with van der Waals surface area (Å²) in [4.78, 5) is 49.9. The third kappa shape index (κ3) is 17.6. The molecule has 10 N–H and O–H groups in total. The molecule has 0 spiro atoms. The number of aromatic hydroxyl groups is 4. The summed E-state index contributed by atoms with van der Waals surface area (Å²) in [5, 5.41) is 109. The van der Waals surface area contributed by atoms with Crippen LogP contribution in [0.25, 0.3) is 44.8 Å². The Labute approximate surface area is 539 Å². The summed E-state index contributed by atoms with van der Waals surface area (Å²) in [6, 6.07) is 31.8. The van der Waals surface area contributed by atoms with E-state index in [1.54, 1.807) is 69.8 Å².